The minimum absolute atomic E-state index is 1.11. The van der Waals surface area contributed by atoms with E-state index in [9.17, 15) is 0 Å². The summed E-state index contributed by atoms with van der Waals surface area (Å²) < 4.78 is 2.22. The lowest BCUT2D eigenvalue weighted by Gasteiger charge is -2.05. The number of fused-ring (bicyclic) bond motifs is 3. The van der Waals surface area contributed by atoms with Gasteiger partial charge in [-0.15, -0.1) is 0 Å². The van der Waals surface area contributed by atoms with E-state index in [4.69, 9.17) is 0 Å². The molecule has 0 aromatic heterocycles. The average molecular weight is 426 g/mol. The number of halogens is 2. The van der Waals surface area contributed by atoms with Gasteiger partial charge in [-0.05, 0) is 70.7 Å². The maximum absolute atomic E-state index is 3.61. The summed E-state index contributed by atoms with van der Waals surface area (Å²) in [6.07, 6.45) is 2.28. The van der Waals surface area contributed by atoms with Crippen LogP contribution in [0, 0.1) is 6.92 Å². The molecule has 0 nitrogen and oxygen atoms in total. The van der Waals surface area contributed by atoms with Crippen LogP contribution in [-0.2, 0) is 0 Å². The quantitative estimate of drug-likeness (QED) is 0.305. The van der Waals surface area contributed by atoms with Gasteiger partial charge in [-0.1, -0.05) is 73.8 Å². The number of hydrogen-bond acceptors (Lipinski definition) is 0. The Kier molecular flexibility index (Phi) is 3.74. The molecule has 0 unspecified atom stereocenters. The highest BCUT2D eigenvalue weighted by atomic mass is 79.9. The molecular weight excluding hydrogens is 412 g/mol. The first-order valence-electron chi connectivity index (χ1n) is 7.50. The zero-order chi connectivity index (χ0) is 16.0. The first-order valence-corrected chi connectivity index (χ1v) is 9.09. The van der Waals surface area contributed by atoms with E-state index in [0.29, 0.717) is 0 Å². The van der Waals surface area contributed by atoms with E-state index in [2.05, 4.69) is 106 Å². The Bertz CT molecular complexity index is 881. The summed E-state index contributed by atoms with van der Waals surface area (Å²) in [7, 11) is 0. The fraction of sp³-hybridized carbons (Fsp3) is 0.0476. The van der Waals surface area contributed by atoms with Crippen LogP contribution in [0.5, 0.6) is 0 Å². The summed E-state index contributed by atoms with van der Waals surface area (Å²) in [5, 5.41) is 0. The second kappa shape index (κ2) is 5.77. The molecule has 4 rings (SSSR count). The maximum Gasteiger partial charge on any atom is 0.0181 e. The molecule has 0 saturated carbocycles. The summed E-state index contributed by atoms with van der Waals surface area (Å²) in [5.74, 6) is 0. The summed E-state index contributed by atoms with van der Waals surface area (Å²) in [6, 6.07) is 21.7. The van der Waals surface area contributed by atoms with Gasteiger partial charge < -0.3 is 0 Å². The second-order valence-electron chi connectivity index (χ2n) is 5.85. The maximum atomic E-state index is 3.61. The molecule has 0 saturated heterocycles. The van der Waals surface area contributed by atoms with Gasteiger partial charge in [-0.3, -0.25) is 0 Å². The molecule has 0 atom stereocenters. The van der Waals surface area contributed by atoms with E-state index < -0.39 is 0 Å². The van der Waals surface area contributed by atoms with Crippen molar-refractivity contribution >= 4 is 43.5 Å². The van der Waals surface area contributed by atoms with E-state index in [1.165, 1.54) is 39.0 Å². The van der Waals surface area contributed by atoms with Crippen LogP contribution in [0.1, 0.15) is 22.3 Å². The Hall–Kier alpha value is -1.64. The molecule has 0 spiro atoms. The van der Waals surface area contributed by atoms with E-state index >= 15 is 0 Å². The highest BCUT2D eigenvalue weighted by Gasteiger charge is 2.23. The second-order valence-corrected chi connectivity index (χ2v) is 7.68. The van der Waals surface area contributed by atoms with Gasteiger partial charge in [-0.2, -0.15) is 0 Å². The normalized spacial score (nSPS) is 12.0. The molecule has 0 aliphatic heterocycles. The van der Waals surface area contributed by atoms with Gasteiger partial charge in [-0.25, -0.2) is 0 Å². The number of hydrogen-bond donors (Lipinski definition) is 0. The van der Waals surface area contributed by atoms with Crippen molar-refractivity contribution in [1.29, 1.82) is 0 Å². The Morgan fingerprint density at radius 2 is 1.17 bits per heavy atom. The van der Waals surface area contributed by atoms with Gasteiger partial charge in [0.2, 0.25) is 0 Å². The molecule has 2 heteroatoms. The molecular formula is C21H14Br2. The fourth-order valence-electron chi connectivity index (χ4n) is 3.08. The molecule has 0 N–H and O–H groups in total. The van der Waals surface area contributed by atoms with Gasteiger partial charge in [0.15, 0.2) is 0 Å². The number of rotatable bonds is 1. The zero-order valence-electron chi connectivity index (χ0n) is 12.6. The van der Waals surface area contributed by atoms with Crippen LogP contribution >= 0.6 is 31.9 Å². The third-order valence-corrected chi connectivity index (χ3v) is 5.21. The highest BCUT2D eigenvalue weighted by molar-refractivity contribution is 9.10. The lowest BCUT2D eigenvalue weighted by molar-refractivity contribution is 1.46. The molecule has 3 aromatic carbocycles. The largest absolute Gasteiger partial charge is 0.0587 e. The Morgan fingerprint density at radius 3 is 1.70 bits per heavy atom. The monoisotopic (exact) mass is 424 g/mol. The third kappa shape index (κ3) is 2.71. The van der Waals surface area contributed by atoms with Crippen molar-refractivity contribution in [3.05, 3.63) is 91.9 Å². The van der Waals surface area contributed by atoms with Crippen LogP contribution in [0.4, 0.5) is 0 Å². The molecule has 112 valence electrons. The smallest absolute Gasteiger partial charge is 0.0181 e. The minimum atomic E-state index is 1.11. The molecule has 0 amide bonds. The third-order valence-electron chi connectivity index (χ3n) is 4.22. The Morgan fingerprint density at radius 1 is 0.652 bits per heavy atom. The van der Waals surface area contributed by atoms with Crippen molar-refractivity contribution < 1.29 is 0 Å². The van der Waals surface area contributed by atoms with Gasteiger partial charge in [0.1, 0.15) is 0 Å². The highest BCUT2D eigenvalue weighted by Crippen LogP contribution is 2.46. The summed E-state index contributed by atoms with van der Waals surface area (Å²) in [4.78, 5) is 0. The SMILES string of the molecule is Cc1ccc(C=C2c3cc(Br)ccc3-c3ccc(Br)cc32)cc1. The molecule has 0 bridgehead atoms. The van der Waals surface area contributed by atoms with E-state index in [-0.39, 0.29) is 0 Å². The van der Waals surface area contributed by atoms with Crippen LogP contribution in [0.15, 0.2) is 69.6 Å². The minimum Gasteiger partial charge on any atom is -0.0587 e. The Balaban J connectivity index is 1.97. The summed E-state index contributed by atoms with van der Waals surface area (Å²) in [5.41, 5.74) is 8.96. The fourth-order valence-corrected chi connectivity index (χ4v) is 3.80. The average Bonchev–Trinajstić information content (AvgIpc) is 2.82. The van der Waals surface area contributed by atoms with Crippen LogP contribution in [-0.4, -0.2) is 0 Å². The van der Waals surface area contributed by atoms with Crippen molar-refractivity contribution in [2.45, 2.75) is 6.92 Å². The van der Waals surface area contributed by atoms with Crippen LogP contribution < -0.4 is 0 Å². The molecule has 0 heterocycles. The van der Waals surface area contributed by atoms with Crippen molar-refractivity contribution in [2.75, 3.05) is 0 Å². The number of benzene rings is 3. The van der Waals surface area contributed by atoms with Crippen LogP contribution in [0.3, 0.4) is 0 Å². The molecule has 1 aliphatic rings. The van der Waals surface area contributed by atoms with Gasteiger partial charge >= 0.3 is 0 Å². The van der Waals surface area contributed by atoms with Crippen molar-refractivity contribution in [3.63, 3.8) is 0 Å². The first-order chi connectivity index (χ1) is 11.1. The lowest BCUT2D eigenvalue weighted by Crippen LogP contribution is -1.83. The van der Waals surface area contributed by atoms with E-state index in [1.807, 2.05) is 0 Å². The predicted molar refractivity (Wildman–Crippen MR) is 105 cm³/mol. The molecule has 0 radical (unpaired) electrons. The van der Waals surface area contributed by atoms with Gasteiger partial charge in [0, 0.05) is 8.95 Å². The topological polar surface area (TPSA) is 0 Å². The molecule has 1 aliphatic carbocycles. The number of aryl methyl sites for hydroxylation is 1. The molecule has 3 aromatic rings. The molecule has 0 fully saturated rings. The van der Waals surface area contributed by atoms with Crippen molar-refractivity contribution in [2.24, 2.45) is 0 Å². The predicted octanol–water partition coefficient (Wildman–Crippen LogP) is 7.09. The first kappa shape index (κ1) is 14.9. The lowest BCUT2D eigenvalue weighted by atomic mass is 10.0. The molecule has 23 heavy (non-hydrogen) atoms. The summed E-state index contributed by atoms with van der Waals surface area (Å²) >= 11 is 7.22. The van der Waals surface area contributed by atoms with E-state index in [0.717, 1.165) is 8.95 Å². The zero-order valence-corrected chi connectivity index (χ0v) is 15.8. The van der Waals surface area contributed by atoms with Crippen molar-refractivity contribution in [1.82, 2.24) is 0 Å². The Labute approximate surface area is 153 Å². The van der Waals surface area contributed by atoms with E-state index in [1.54, 1.807) is 0 Å². The summed E-state index contributed by atoms with van der Waals surface area (Å²) in [6.45, 7) is 2.12. The van der Waals surface area contributed by atoms with Gasteiger partial charge in [0.05, 0.1) is 0 Å². The van der Waals surface area contributed by atoms with Crippen molar-refractivity contribution in [3.8, 4) is 11.1 Å². The van der Waals surface area contributed by atoms with Crippen LogP contribution in [0.2, 0.25) is 0 Å². The van der Waals surface area contributed by atoms with Crippen LogP contribution in [0.25, 0.3) is 22.8 Å². The van der Waals surface area contributed by atoms with Gasteiger partial charge in [0.25, 0.3) is 0 Å². The standard InChI is InChI=1S/C21H14Br2/c1-13-2-4-14(5-3-13)10-19-20-11-15(22)6-8-17(20)18-9-7-16(23)12-21(18)19/h2-12H,1H3.